The number of aliphatic hydroxyl groups is 1. The molecule has 3 amide bonds. The fraction of sp³-hybridized carbons (Fsp3) is 0.557. The second-order valence-electron chi connectivity index (χ2n) is 24.9. The number of hydrogen-bond acceptors (Lipinski definition) is 14. The second kappa shape index (κ2) is 27.7. The van der Waals surface area contributed by atoms with Crippen LogP contribution in [0.5, 0.6) is 0 Å². The summed E-state index contributed by atoms with van der Waals surface area (Å²) >= 11 is 0. The van der Waals surface area contributed by atoms with Gasteiger partial charge in [-0.3, -0.25) is 24.7 Å². The standard InChI is InChI=1S/C61H73F10N9O9/c1-57(2,3)89-56(86)77-27-38(28-77)29-79-42-17-18-43(79)32-76(31-42)50-19-16-37(25-72-50)15-12-35-10-13-36(14-11-35)20-40(23-48(81)52(74-55(85)88-9)59(6,7)61(69,70)71)49(82)34-78(75-53(84)45(24-51(83)87-8)58(4,5)60(66,67)68)33-44-46(62)21-39(22-47(44)63)41-26-73-80(30-41)54(64)65/h10-11,13-14,16,19,21-22,25-26,30,38,40,42-43,45,49,52,54,82H,17-18,20,23-24,27-29,31-34H2,1-9H3,(H,74,85)(H,75,84)/t40-,42?,43?,45-,49+,52-/m1/s1. The Morgan fingerprint density at radius 3 is 1.90 bits per heavy atom. The third-order valence-electron chi connectivity index (χ3n) is 16.6. The van der Waals surface area contributed by atoms with Crippen LogP contribution in [0.25, 0.3) is 11.1 Å². The summed E-state index contributed by atoms with van der Waals surface area (Å²) in [4.78, 5) is 77.2. The number of ketones is 1. The summed E-state index contributed by atoms with van der Waals surface area (Å²) in [6, 6.07) is 9.64. The second-order valence-corrected chi connectivity index (χ2v) is 24.9. The number of likely N-dealkylation sites (tertiary alicyclic amines) is 1. The number of benzene rings is 2. The first-order chi connectivity index (χ1) is 41.5. The van der Waals surface area contributed by atoms with Crippen molar-refractivity contribution >= 4 is 35.7 Å². The number of pyridine rings is 1. The molecule has 3 N–H and O–H groups in total. The van der Waals surface area contributed by atoms with Gasteiger partial charge in [0, 0.05) is 105 Å². The number of hydrogen-bond donors (Lipinski definition) is 3. The van der Waals surface area contributed by atoms with Gasteiger partial charge in [0.1, 0.15) is 29.1 Å². The monoisotopic (exact) mass is 1270 g/mol. The highest BCUT2D eigenvalue weighted by Gasteiger charge is 2.57. The van der Waals surface area contributed by atoms with Gasteiger partial charge in [0.25, 0.3) is 0 Å². The van der Waals surface area contributed by atoms with Gasteiger partial charge >= 0.3 is 37.1 Å². The SMILES string of the molecule is COC(=O)C[C@H](C(=O)NN(Cc1c(F)cc(-c2cnn(C(F)F)c2)cc1F)C[C@H](O)[C@@H](CC(=O)[C@@H](NC(=O)OC)C(C)(C)C(F)(F)F)Cc1ccc(C#Cc2ccc(N3CC4CCC(C3)N4CC3CN(C(=O)OC(C)(C)C)C3)nc2)cc1)C(C)(C)C(F)(F)F. The third kappa shape index (κ3) is 17.1. The van der Waals surface area contributed by atoms with Crippen LogP contribution in [0.1, 0.15) is 103 Å². The molecule has 7 rings (SSSR count). The first-order valence-corrected chi connectivity index (χ1v) is 28.7. The Kier molecular flexibility index (Phi) is 21.5. The zero-order chi connectivity index (χ0) is 65.7. The fourth-order valence-electron chi connectivity index (χ4n) is 11.1. The molecule has 5 heterocycles. The quantitative estimate of drug-likeness (QED) is 0.0221. The molecule has 3 saturated heterocycles. The van der Waals surface area contributed by atoms with E-state index in [-0.39, 0.29) is 28.3 Å². The number of ether oxygens (including phenoxy) is 3. The molecule has 0 aliphatic carbocycles. The summed E-state index contributed by atoms with van der Waals surface area (Å²) in [5.41, 5.74) is -4.40. The summed E-state index contributed by atoms with van der Waals surface area (Å²) in [6.45, 7) is 6.52. The average Bonchev–Trinajstić information content (AvgIpc) is 1.92. The largest absolute Gasteiger partial charge is 0.469 e. The zero-order valence-electron chi connectivity index (χ0n) is 50.6. The minimum atomic E-state index is -5.17. The van der Waals surface area contributed by atoms with E-state index in [2.05, 4.69) is 41.6 Å². The summed E-state index contributed by atoms with van der Waals surface area (Å²) < 4.78 is 162. The van der Waals surface area contributed by atoms with Gasteiger partial charge in [-0.1, -0.05) is 37.8 Å². The van der Waals surface area contributed by atoms with Crippen LogP contribution in [0.4, 0.5) is 59.3 Å². The predicted octanol–water partition coefficient (Wildman–Crippen LogP) is 9.63. The summed E-state index contributed by atoms with van der Waals surface area (Å²) in [5.74, 6) is -3.48. The number of aliphatic hydroxyl groups excluding tert-OH is 1. The molecule has 2 aromatic carbocycles. The maximum atomic E-state index is 16.1. The van der Waals surface area contributed by atoms with Crippen molar-refractivity contribution in [1.29, 1.82) is 0 Å². The highest BCUT2D eigenvalue weighted by molar-refractivity contribution is 5.88. The molecule has 0 spiro atoms. The number of halogens is 10. The van der Waals surface area contributed by atoms with E-state index in [4.69, 9.17) is 9.72 Å². The molecule has 6 atom stereocenters. The fourth-order valence-corrected chi connectivity index (χ4v) is 11.1. The number of fused-ring (bicyclic) bond motifs is 2. The highest BCUT2D eigenvalue weighted by atomic mass is 19.4. The van der Waals surface area contributed by atoms with Crippen molar-refractivity contribution in [3.8, 4) is 23.0 Å². The molecule has 18 nitrogen and oxygen atoms in total. The molecular weight excluding hydrogens is 1190 g/mol. The van der Waals surface area contributed by atoms with Gasteiger partial charge in [0.15, 0.2) is 5.78 Å². The summed E-state index contributed by atoms with van der Waals surface area (Å²) in [5, 5.41) is 18.2. The zero-order valence-corrected chi connectivity index (χ0v) is 50.6. The maximum Gasteiger partial charge on any atom is 0.410 e. The number of esters is 1. The Balaban J connectivity index is 1.13. The first-order valence-electron chi connectivity index (χ1n) is 28.7. The minimum Gasteiger partial charge on any atom is -0.469 e. The van der Waals surface area contributed by atoms with E-state index >= 15 is 8.78 Å². The molecule has 486 valence electrons. The number of alkyl carbamates (subject to hydrolysis) is 1. The number of methoxy groups -OCH3 is 2. The topological polar surface area (TPSA) is 201 Å². The molecule has 0 radical (unpaired) electrons. The molecule has 28 heteroatoms. The Morgan fingerprint density at radius 2 is 1.37 bits per heavy atom. The van der Waals surface area contributed by atoms with Gasteiger partial charge in [-0.25, -0.2) is 33.0 Å². The molecule has 4 aromatic rings. The lowest BCUT2D eigenvalue weighted by molar-refractivity contribution is -0.231. The third-order valence-corrected chi connectivity index (χ3v) is 16.6. The van der Waals surface area contributed by atoms with Crippen LogP contribution in [-0.2, 0) is 41.6 Å². The number of amides is 3. The number of aromatic nitrogens is 3. The predicted molar refractivity (Wildman–Crippen MR) is 303 cm³/mol. The summed E-state index contributed by atoms with van der Waals surface area (Å²) in [6.07, 6.45) is -11.2. The number of rotatable bonds is 22. The Labute approximate surface area is 508 Å². The summed E-state index contributed by atoms with van der Waals surface area (Å²) in [7, 11) is 1.69. The van der Waals surface area contributed by atoms with Crippen molar-refractivity contribution < 1.29 is 87.2 Å². The number of Topliss-reactive ketones (excluding diaryl/α,β-unsaturated/α-hetero) is 1. The van der Waals surface area contributed by atoms with Crippen LogP contribution in [0.2, 0.25) is 0 Å². The lowest BCUT2D eigenvalue weighted by Gasteiger charge is -2.46. The van der Waals surface area contributed by atoms with E-state index in [0.29, 0.717) is 92.6 Å². The van der Waals surface area contributed by atoms with E-state index < -0.39 is 126 Å². The lowest BCUT2D eigenvalue weighted by atomic mass is 9.75. The number of carbonyl (C=O) groups is 5. The van der Waals surface area contributed by atoms with Gasteiger partial charge in [0.2, 0.25) is 5.91 Å². The van der Waals surface area contributed by atoms with Gasteiger partial charge in [-0.2, -0.15) is 40.2 Å². The van der Waals surface area contributed by atoms with E-state index in [1.54, 1.807) is 23.2 Å². The van der Waals surface area contributed by atoms with E-state index in [1.807, 2.05) is 38.2 Å². The molecular formula is C61H73F10N9O9. The maximum absolute atomic E-state index is 16.1. The smallest absolute Gasteiger partial charge is 0.410 e. The van der Waals surface area contributed by atoms with Gasteiger partial charge in [-0.05, 0) is 107 Å². The van der Waals surface area contributed by atoms with Crippen LogP contribution in [0, 0.1) is 52.1 Å². The number of anilines is 1. The van der Waals surface area contributed by atoms with Crippen molar-refractivity contribution in [1.82, 2.24) is 40.3 Å². The Bertz CT molecular complexity index is 3190. The minimum absolute atomic E-state index is 0.163. The normalized spacial score (nSPS) is 18.1. The average molecular weight is 1270 g/mol. The van der Waals surface area contributed by atoms with E-state index in [9.17, 15) is 64.2 Å². The Morgan fingerprint density at radius 1 is 0.775 bits per heavy atom. The van der Waals surface area contributed by atoms with Crippen molar-refractivity contribution in [2.45, 2.75) is 136 Å². The van der Waals surface area contributed by atoms with E-state index in [0.717, 1.165) is 64.9 Å². The van der Waals surface area contributed by atoms with E-state index in [1.165, 1.54) is 12.1 Å². The number of nitrogens with zero attached hydrogens (tertiary/aromatic N) is 7. The van der Waals surface area contributed by atoms with Crippen LogP contribution in [-0.4, -0.2) is 160 Å². The number of carbonyl (C=O) groups excluding carboxylic acids is 5. The van der Waals surface area contributed by atoms with Gasteiger partial charge in [0.05, 0.1) is 49.7 Å². The van der Waals surface area contributed by atoms with Gasteiger partial charge in [-0.15, -0.1) is 0 Å². The molecule has 0 saturated carbocycles. The van der Waals surface area contributed by atoms with Gasteiger partial charge < -0.3 is 34.4 Å². The highest BCUT2D eigenvalue weighted by Crippen LogP contribution is 2.46. The molecule has 2 aromatic heterocycles. The first kappa shape index (κ1) is 69.0. The van der Waals surface area contributed by atoms with Crippen molar-refractivity contribution in [2.24, 2.45) is 28.6 Å². The number of piperazine rings is 1. The molecule has 89 heavy (non-hydrogen) atoms. The molecule has 2 unspecified atom stereocenters. The lowest BCUT2D eigenvalue weighted by Crippen LogP contribution is -2.60. The van der Waals surface area contributed by atoms with Crippen molar-refractivity contribution in [3.05, 3.63) is 101 Å². The van der Waals surface area contributed by atoms with Crippen molar-refractivity contribution in [2.75, 3.05) is 58.4 Å². The number of alkyl halides is 8. The molecule has 3 aliphatic heterocycles. The number of hydrazine groups is 1. The molecule has 2 bridgehead atoms. The number of nitrogens with one attached hydrogen (secondary N) is 2. The van der Waals surface area contributed by atoms with Crippen LogP contribution < -0.4 is 15.6 Å². The van der Waals surface area contributed by atoms with Crippen LogP contribution >= 0.6 is 0 Å². The van der Waals surface area contributed by atoms with Crippen molar-refractivity contribution in [3.63, 3.8) is 0 Å². The molecule has 3 aliphatic rings. The Hall–Kier alpha value is -7.51. The van der Waals surface area contributed by atoms with Crippen LogP contribution in [0.3, 0.4) is 0 Å². The van der Waals surface area contributed by atoms with Crippen LogP contribution in [0.15, 0.2) is 67.1 Å². The molecule has 3 fully saturated rings.